The molecule has 0 unspecified atom stereocenters. The van der Waals surface area contributed by atoms with Crippen LogP contribution >= 0.6 is 0 Å². The molecule has 1 nitrogen and oxygen atoms in total. The van der Waals surface area contributed by atoms with E-state index >= 15 is 0 Å². The van der Waals surface area contributed by atoms with Crippen LogP contribution in [-0.2, 0) is 0 Å². The van der Waals surface area contributed by atoms with Crippen LogP contribution in [0.4, 0.5) is 0 Å². The van der Waals surface area contributed by atoms with Crippen molar-refractivity contribution in [1.82, 2.24) is 4.90 Å². The third-order valence-electron chi connectivity index (χ3n) is 2.81. The molecule has 3 atom stereocenters. The first-order valence-corrected chi connectivity index (χ1v) is 3.49. The molecule has 1 saturated heterocycles. The van der Waals surface area contributed by atoms with Crippen molar-refractivity contribution in [2.45, 2.75) is 19.4 Å². The molecule has 0 spiro atoms. The van der Waals surface area contributed by atoms with Crippen molar-refractivity contribution in [2.24, 2.45) is 11.8 Å². The van der Waals surface area contributed by atoms with Gasteiger partial charge in [-0.15, -0.1) is 0 Å². The van der Waals surface area contributed by atoms with E-state index in [1.807, 2.05) is 0 Å². The van der Waals surface area contributed by atoms with Gasteiger partial charge in [-0.2, -0.15) is 0 Å². The molecular formula is C7H13N. The van der Waals surface area contributed by atoms with E-state index in [-0.39, 0.29) is 0 Å². The second-order valence-corrected chi connectivity index (χ2v) is 3.34. The van der Waals surface area contributed by atoms with Gasteiger partial charge in [-0.05, 0) is 32.2 Å². The summed E-state index contributed by atoms with van der Waals surface area (Å²) in [4.78, 5) is 2.47. The summed E-state index contributed by atoms with van der Waals surface area (Å²) < 4.78 is 0. The van der Waals surface area contributed by atoms with Crippen LogP contribution in [0.25, 0.3) is 0 Å². The van der Waals surface area contributed by atoms with Gasteiger partial charge in [-0.1, -0.05) is 0 Å². The van der Waals surface area contributed by atoms with E-state index in [0.717, 1.165) is 17.9 Å². The van der Waals surface area contributed by atoms with E-state index < -0.39 is 0 Å². The SMILES string of the molecule is C[C@@H]1[C@H]2C[C@H]2CN1C. The fourth-order valence-corrected chi connectivity index (χ4v) is 1.93. The number of fused-ring (bicyclic) bond motifs is 1. The lowest BCUT2D eigenvalue weighted by Crippen LogP contribution is -2.25. The molecule has 1 heterocycles. The molecule has 1 saturated carbocycles. The number of rotatable bonds is 0. The smallest absolute Gasteiger partial charge is 0.00955 e. The monoisotopic (exact) mass is 111 g/mol. The van der Waals surface area contributed by atoms with Gasteiger partial charge < -0.3 is 4.90 Å². The number of hydrogen-bond acceptors (Lipinski definition) is 1. The molecule has 1 aliphatic carbocycles. The van der Waals surface area contributed by atoms with E-state index in [1.165, 1.54) is 13.0 Å². The highest BCUT2D eigenvalue weighted by Crippen LogP contribution is 2.48. The summed E-state index contributed by atoms with van der Waals surface area (Å²) in [6.07, 6.45) is 1.52. The van der Waals surface area contributed by atoms with E-state index in [4.69, 9.17) is 0 Å². The summed E-state index contributed by atoms with van der Waals surface area (Å²) in [6.45, 7) is 3.71. The fourth-order valence-electron chi connectivity index (χ4n) is 1.93. The zero-order valence-corrected chi connectivity index (χ0v) is 5.59. The van der Waals surface area contributed by atoms with Gasteiger partial charge in [-0.25, -0.2) is 0 Å². The molecule has 1 heteroatoms. The third kappa shape index (κ3) is 0.455. The standard InChI is InChI=1S/C7H13N/c1-5-7-3-6(7)4-8(5)2/h5-7H,3-4H2,1-2H3/t5-,6+,7-/m1/s1. The molecule has 2 rings (SSSR count). The Morgan fingerprint density at radius 1 is 1.50 bits per heavy atom. The zero-order valence-electron chi connectivity index (χ0n) is 5.59. The van der Waals surface area contributed by atoms with Crippen molar-refractivity contribution >= 4 is 0 Å². The van der Waals surface area contributed by atoms with Crippen LogP contribution in [0.5, 0.6) is 0 Å². The second kappa shape index (κ2) is 1.27. The van der Waals surface area contributed by atoms with Gasteiger partial charge in [0.1, 0.15) is 0 Å². The van der Waals surface area contributed by atoms with Crippen molar-refractivity contribution in [3.05, 3.63) is 0 Å². The van der Waals surface area contributed by atoms with Crippen molar-refractivity contribution < 1.29 is 0 Å². The second-order valence-electron chi connectivity index (χ2n) is 3.34. The predicted octanol–water partition coefficient (Wildman–Crippen LogP) is 0.956. The highest BCUT2D eigenvalue weighted by Gasteiger charge is 2.48. The van der Waals surface area contributed by atoms with E-state index in [1.54, 1.807) is 0 Å². The average Bonchev–Trinajstić information content (AvgIpc) is 2.39. The lowest BCUT2D eigenvalue weighted by Gasteiger charge is -2.16. The molecule has 2 fully saturated rings. The topological polar surface area (TPSA) is 3.24 Å². The van der Waals surface area contributed by atoms with Gasteiger partial charge in [-0.3, -0.25) is 0 Å². The molecule has 0 N–H and O–H groups in total. The quantitative estimate of drug-likeness (QED) is 0.450. The molecule has 1 aliphatic heterocycles. The summed E-state index contributed by atoms with van der Waals surface area (Å²) in [7, 11) is 2.23. The van der Waals surface area contributed by atoms with Crippen LogP contribution in [0.3, 0.4) is 0 Å². The van der Waals surface area contributed by atoms with Crippen molar-refractivity contribution in [2.75, 3.05) is 13.6 Å². The Kier molecular flexibility index (Phi) is 0.762. The molecule has 0 amide bonds. The van der Waals surface area contributed by atoms with Crippen molar-refractivity contribution in [1.29, 1.82) is 0 Å². The Morgan fingerprint density at radius 2 is 2.25 bits per heavy atom. The molecule has 2 aliphatic rings. The first-order chi connectivity index (χ1) is 3.79. The van der Waals surface area contributed by atoms with Gasteiger partial charge in [0.05, 0.1) is 0 Å². The Hall–Kier alpha value is -0.0400. The average molecular weight is 111 g/mol. The fraction of sp³-hybridized carbons (Fsp3) is 1.00. The number of piperidine rings is 1. The zero-order chi connectivity index (χ0) is 5.72. The Bertz CT molecular complexity index is 109. The number of hydrogen-bond donors (Lipinski definition) is 0. The number of nitrogens with zero attached hydrogens (tertiary/aromatic N) is 1. The first kappa shape index (κ1) is 4.80. The van der Waals surface area contributed by atoms with Crippen LogP contribution in [0, 0.1) is 11.8 Å². The van der Waals surface area contributed by atoms with E-state index in [0.29, 0.717) is 0 Å². The minimum Gasteiger partial charge on any atom is -0.303 e. The minimum absolute atomic E-state index is 0.889. The maximum Gasteiger partial charge on any atom is 0.00955 e. The van der Waals surface area contributed by atoms with Crippen molar-refractivity contribution in [3.8, 4) is 0 Å². The molecule has 0 radical (unpaired) electrons. The molecule has 0 aromatic heterocycles. The summed E-state index contributed by atoms with van der Waals surface area (Å²) in [6, 6.07) is 0.889. The van der Waals surface area contributed by atoms with Crippen LogP contribution in [-0.4, -0.2) is 24.5 Å². The number of likely N-dealkylation sites (tertiary alicyclic amines) is 1. The molecule has 0 bridgehead atoms. The summed E-state index contributed by atoms with van der Waals surface area (Å²) in [5, 5.41) is 0. The van der Waals surface area contributed by atoms with Gasteiger partial charge in [0, 0.05) is 12.6 Å². The Morgan fingerprint density at radius 3 is 2.50 bits per heavy atom. The first-order valence-electron chi connectivity index (χ1n) is 3.49. The summed E-state index contributed by atoms with van der Waals surface area (Å²) in [5.41, 5.74) is 0. The van der Waals surface area contributed by atoms with Gasteiger partial charge >= 0.3 is 0 Å². The molecular weight excluding hydrogens is 98.1 g/mol. The van der Waals surface area contributed by atoms with Gasteiger partial charge in [0.15, 0.2) is 0 Å². The highest BCUT2D eigenvalue weighted by molar-refractivity contribution is 5.00. The lowest BCUT2D eigenvalue weighted by atomic mass is 10.2. The van der Waals surface area contributed by atoms with E-state index in [9.17, 15) is 0 Å². The maximum absolute atomic E-state index is 2.47. The Labute approximate surface area is 50.7 Å². The van der Waals surface area contributed by atoms with Crippen LogP contribution in [0.15, 0.2) is 0 Å². The normalized spacial score (nSPS) is 54.0. The highest BCUT2D eigenvalue weighted by atomic mass is 15.2. The Balaban J connectivity index is 2.08. The third-order valence-corrected chi connectivity index (χ3v) is 2.81. The lowest BCUT2D eigenvalue weighted by molar-refractivity contribution is 0.287. The van der Waals surface area contributed by atoms with Crippen LogP contribution in [0.2, 0.25) is 0 Å². The van der Waals surface area contributed by atoms with Gasteiger partial charge in [0.2, 0.25) is 0 Å². The largest absolute Gasteiger partial charge is 0.303 e. The van der Waals surface area contributed by atoms with Crippen LogP contribution < -0.4 is 0 Å². The van der Waals surface area contributed by atoms with Crippen molar-refractivity contribution in [3.63, 3.8) is 0 Å². The molecule has 8 heavy (non-hydrogen) atoms. The van der Waals surface area contributed by atoms with Crippen LogP contribution in [0.1, 0.15) is 13.3 Å². The predicted molar refractivity (Wildman–Crippen MR) is 33.7 cm³/mol. The molecule has 0 aromatic rings. The summed E-state index contributed by atoms with van der Waals surface area (Å²) >= 11 is 0. The molecule has 46 valence electrons. The van der Waals surface area contributed by atoms with E-state index in [2.05, 4.69) is 18.9 Å². The summed E-state index contributed by atoms with van der Waals surface area (Å²) in [5.74, 6) is 2.18. The minimum atomic E-state index is 0.889. The maximum atomic E-state index is 2.47. The van der Waals surface area contributed by atoms with Gasteiger partial charge in [0.25, 0.3) is 0 Å². The molecule has 0 aromatic carbocycles.